The Morgan fingerprint density at radius 2 is 1.78 bits per heavy atom. The molecule has 4 aromatic carbocycles. The van der Waals surface area contributed by atoms with Crippen LogP contribution < -0.4 is 0 Å². The molecule has 1 heterocycles. The molecule has 0 saturated heterocycles. The summed E-state index contributed by atoms with van der Waals surface area (Å²) in [6, 6.07) is 22.2. The van der Waals surface area contributed by atoms with Crippen LogP contribution in [0.4, 0.5) is 0 Å². The molecule has 0 aliphatic heterocycles. The number of rotatable bonds is 3. The molecule has 0 aliphatic carbocycles. The maximum absolute atomic E-state index is 11.3. The van der Waals surface area contributed by atoms with Gasteiger partial charge >= 0.3 is 5.97 Å². The molecule has 32 heavy (non-hydrogen) atoms. The highest BCUT2D eigenvalue weighted by Crippen LogP contribution is 2.34. The Bertz CT molecular complexity index is 1590. The van der Waals surface area contributed by atoms with Gasteiger partial charge in [0.1, 0.15) is 17.1 Å². The van der Waals surface area contributed by atoms with E-state index in [9.17, 15) is 15.0 Å². The summed E-state index contributed by atoms with van der Waals surface area (Å²) >= 11 is 0. The average molecular weight is 419 g/mol. The summed E-state index contributed by atoms with van der Waals surface area (Å²) in [4.78, 5) is 19.3. The number of nitriles is 1. The summed E-state index contributed by atoms with van der Waals surface area (Å²) in [7, 11) is 0. The molecule has 0 saturated carbocycles. The lowest BCUT2D eigenvalue weighted by Gasteiger charge is -2.06. The first-order chi connectivity index (χ1) is 15.4. The second-order valence-electron chi connectivity index (χ2n) is 7.67. The highest BCUT2D eigenvalue weighted by atomic mass is 16.4. The second-order valence-corrected chi connectivity index (χ2v) is 7.67. The van der Waals surface area contributed by atoms with Crippen LogP contribution in [0.1, 0.15) is 21.5 Å². The quantitative estimate of drug-likeness (QED) is 0.351. The van der Waals surface area contributed by atoms with E-state index in [0.29, 0.717) is 27.7 Å². The zero-order valence-electron chi connectivity index (χ0n) is 17.0. The van der Waals surface area contributed by atoms with Crippen LogP contribution in [-0.4, -0.2) is 26.2 Å². The molecule has 5 rings (SSSR count). The zero-order chi connectivity index (χ0) is 22.4. The maximum Gasteiger partial charge on any atom is 0.335 e. The van der Waals surface area contributed by atoms with Gasteiger partial charge in [0.15, 0.2) is 0 Å². The van der Waals surface area contributed by atoms with Gasteiger partial charge in [-0.2, -0.15) is 5.26 Å². The van der Waals surface area contributed by atoms with E-state index in [0.717, 1.165) is 27.8 Å². The van der Waals surface area contributed by atoms with Crippen molar-refractivity contribution in [1.82, 2.24) is 9.97 Å². The third-order valence-electron chi connectivity index (χ3n) is 5.61. The van der Waals surface area contributed by atoms with Crippen LogP contribution >= 0.6 is 0 Å². The average Bonchev–Trinajstić information content (AvgIpc) is 3.23. The van der Waals surface area contributed by atoms with Crippen LogP contribution in [0.15, 0.2) is 66.7 Å². The standard InChI is InChI=1S/C26H17N3O3/c1-14-9-16(5-6-19(14)13-27)15-3-2-4-18(10-15)25-28-21-8-7-17-11-20(26(31)32)12-22(30)23(17)24(21)29-25/h2-12,30H,1H3,(H,28,29)(H,31,32). The summed E-state index contributed by atoms with van der Waals surface area (Å²) in [5.41, 5.74) is 5.78. The number of carbonyl (C=O) groups is 1. The Morgan fingerprint density at radius 3 is 2.53 bits per heavy atom. The van der Waals surface area contributed by atoms with E-state index in [-0.39, 0.29) is 11.3 Å². The van der Waals surface area contributed by atoms with Crippen LogP contribution in [-0.2, 0) is 0 Å². The molecule has 1 aromatic heterocycles. The van der Waals surface area contributed by atoms with E-state index in [4.69, 9.17) is 10.2 Å². The highest BCUT2D eigenvalue weighted by Gasteiger charge is 2.15. The molecule has 0 aliphatic rings. The van der Waals surface area contributed by atoms with E-state index >= 15 is 0 Å². The van der Waals surface area contributed by atoms with Crippen molar-refractivity contribution in [3.63, 3.8) is 0 Å². The number of aromatic nitrogens is 2. The first-order valence-electron chi connectivity index (χ1n) is 9.95. The number of benzene rings is 4. The van der Waals surface area contributed by atoms with Crippen LogP contribution in [0.5, 0.6) is 5.75 Å². The van der Waals surface area contributed by atoms with E-state index in [2.05, 4.69) is 11.1 Å². The monoisotopic (exact) mass is 419 g/mol. The van der Waals surface area contributed by atoms with Gasteiger partial charge in [0, 0.05) is 5.56 Å². The number of aromatic amines is 1. The van der Waals surface area contributed by atoms with Crippen molar-refractivity contribution in [1.29, 1.82) is 5.26 Å². The van der Waals surface area contributed by atoms with Crippen LogP contribution in [0.25, 0.3) is 44.3 Å². The van der Waals surface area contributed by atoms with E-state index in [1.807, 2.05) is 55.5 Å². The zero-order valence-corrected chi connectivity index (χ0v) is 17.0. The number of hydrogen-bond acceptors (Lipinski definition) is 4. The predicted octanol–water partition coefficient (Wildman–Crippen LogP) is 5.63. The number of fused-ring (bicyclic) bond motifs is 3. The second kappa shape index (κ2) is 7.25. The number of phenols is 1. The van der Waals surface area contributed by atoms with Crippen molar-refractivity contribution < 1.29 is 15.0 Å². The largest absolute Gasteiger partial charge is 0.507 e. The molecule has 0 amide bonds. The molecule has 6 nitrogen and oxygen atoms in total. The minimum Gasteiger partial charge on any atom is -0.507 e. The molecule has 0 spiro atoms. The van der Waals surface area contributed by atoms with Crippen LogP contribution in [0, 0.1) is 18.3 Å². The number of carboxylic acid groups (broad SMARTS) is 1. The summed E-state index contributed by atoms with van der Waals surface area (Å²) in [5.74, 6) is -0.577. The van der Waals surface area contributed by atoms with Crippen molar-refractivity contribution >= 4 is 27.8 Å². The van der Waals surface area contributed by atoms with Crippen molar-refractivity contribution in [2.45, 2.75) is 6.92 Å². The lowest BCUT2D eigenvalue weighted by atomic mass is 9.99. The molecule has 0 unspecified atom stereocenters. The lowest BCUT2D eigenvalue weighted by molar-refractivity contribution is 0.0696. The number of phenolic OH excluding ortho intramolecular Hbond substituents is 1. The van der Waals surface area contributed by atoms with Gasteiger partial charge < -0.3 is 15.2 Å². The fourth-order valence-corrected chi connectivity index (χ4v) is 3.98. The van der Waals surface area contributed by atoms with Gasteiger partial charge in [0.2, 0.25) is 0 Å². The molecule has 6 heteroatoms. The molecule has 0 fully saturated rings. The summed E-state index contributed by atoms with van der Waals surface area (Å²) in [6.45, 7) is 1.92. The first-order valence-corrected chi connectivity index (χ1v) is 9.95. The number of nitrogens with zero attached hydrogens (tertiary/aromatic N) is 2. The SMILES string of the molecule is Cc1cc(-c2cccc(-c3nc4c(ccc5cc(C(=O)O)cc(O)c54)[nH]3)c2)ccc1C#N. The molecule has 0 radical (unpaired) electrons. The lowest BCUT2D eigenvalue weighted by Crippen LogP contribution is -1.95. The minimum absolute atomic E-state index is 0.0236. The smallest absolute Gasteiger partial charge is 0.335 e. The third kappa shape index (κ3) is 3.13. The number of aromatic carboxylic acids is 1. The topological polar surface area (TPSA) is 110 Å². The van der Waals surface area contributed by atoms with Gasteiger partial charge in [-0.05, 0) is 59.3 Å². The van der Waals surface area contributed by atoms with Gasteiger partial charge in [-0.1, -0.05) is 36.4 Å². The Labute approximate surface area is 183 Å². The summed E-state index contributed by atoms with van der Waals surface area (Å²) < 4.78 is 0. The molecule has 0 atom stereocenters. The van der Waals surface area contributed by atoms with Gasteiger partial charge in [-0.25, -0.2) is 9.78 Å². The fourth-order valence-electron chi connectivity index (χ4n) is 3.98. The van der Waals surface area contributed by atoms with E-state index in [1.54, 1.807) is 6.07 Å². The fraction of sp³-hybridized carbons (Fsp3) is 0.0385. The molecule has 3 N–H and O–H groups in total. The molecule has 0 bridgehead atoms. The molecule has 5 aromatic rings. The van der Waals surface area contributed by atoms with Crippen molar-refractivity contribution in [2.75, 3.05) is 0 Å². The number of aromatic hydroxyl groups is 1. The van der Waals surface area contributed by atoms with Gasteiger partial charge in [-0.3, -0.25) is 0 Å². The number of H-pyrrole nitrogens is 1. The van der Waals surface area contributed by atoms with E-state index < -0.39 is 5.97 Å². The van der Waals surface area contributed by atoms with Gasteiger partial charge in [0.25, 0.3) is 0 Å². The normalized spacial score (nSPS) is 11.0. The number of carboxylic acids is 1. The number of hydrogen-bond donors (Lipinski definition) is 3. The summed E-state index contributed by atoms with van der Waals surface area (Å²) in [5, 5.41) is 30.0. The number of aryl methyl sites for hydroxylation is 1. The Balaban J connectivity index is 1.63. The molecule has 154 valence electrons. The summed E-state index contributed by atoms with van der Waals surface area (Å²) in [6.07, 6.45) is 0. The maximum atomic E-state index is 11.3. The van der Waals surface area contributed by atoms with Gasteiger partial charge in [-0.15, -0.1) is 0 Å². The predicted molar refractivity (Wildman–Crippen MR) is 123 cm³/mol. The number of nitrogens with one attached hydrogen (secondary N) is 1. The Kier molecular flexibility index (Phi) is 4.38. The first kappa shape index (κ1) is 19.3. The van der Waals surface area contributed by atoms with Crippen LogP contribution in [0.2, 0.25) is 0 Å². The third-order valence-corrected chi connectivity index (χ3v) is 5.61. The van der Waals surface area contributed by atoms with Crippen molar-refractivity contribution in [3.05, 3.63) is 83.4 Å². The molecular formula is C26H17N3O3. The highest BCUT2D eigenvalue weighted by molar-refractivity contribution is 6.10. The van der Waals surface area contributed by atoms with Crippen molar-refractivity contribution in [3.8, 4) is 34.3 Å². The minimum atomic E-state index is -1.10. The Morgan fingerprint density at radius 1 is 1.00 bits per heavy atom. The van der Waals surface area contributed by atoms with Gasteiger partial charge in [0.05, 0.1) is 28.1 Å². The molecular weight excluding hydrogens is 402 g/mol. The number of imidazole rings is 1. The van der Waals surface area contributed by atoms with E-state index in [1.165, 1.54) is 12.1 Å². The van der Waals surface area contributed by atoms with Crippen LogP contribution in [0.3, 0.4) is 0 Å². The van der Waals surface area contributed by atoms with Crippen molar-refractivity contribution in [2.24, 2.45) is 0 Å². The Hall–Kier alpha value is -4.63.